The third-order valence-electron chi connectivity index (χ3n) is 5.08. The van der Waals surface area contributed by atoms with Crippen LogP contribution in [0.4, 0.5) is 5.82 Å². The molecule has 25 heavy (non-hydrogen) atoms. The van der Waals surface area contributed by atoms with Gasteiger partial charge in [0, 0.05) is 18.8 Å². The first-order chi connectivity index (χ1) is 12.1. The summed E-state index contributed by atoms with van der Waals surface area (Å²) in [6.45, 7) is 4.18. The molecule has 1 saturated carbocycles. The number of carbonyl (C=O) groups is 2. The van der Waals surface area contributed by atoms with Crippen LogP contribution in [-0.2, 0) is 9.59 Å². The Labute approximate surface area is 148 Å². The van der Waals surface area contributed by atoms with Crippen molar-refractivity contribution < 1.29 is 14.3 Å². The van der Waals surface area contributed by atoms with Gasteiger partial charge in [-0.05, 0) is 38.3 Å². The summed E-state index contributed by atoms with van der Waals surface area (Å²) in [5, 5.41) is 3.04. The molecule has 2 amide bonds. The minimum absolute atomic E-state index is 0.133. The molecular formula is C19H27N3O3. The molecule has 0 saturated heterocycles. The van der Waals surface area contributed by atoms with Crippen molar-refractivity contribution in [2.45, 2.75) is 70.4 Å². The van der Waals surface area contributed by atoms with E-state index < -0.39 is 5.60 Å². The molecule has 6 heteroatoms. The smallest absolute Gasteiger partial charge is 0.282 e. The van der Waals surface area contributed by atoms with Crippen LogP contribution >= 0.6 is 0 Å². The van der Waals surface area contributed by atoms with Crippen molar-refractivity contribution in [1.82, 2.24) is 10.3 Å². The van der Waals surface area contributed by atoms with Gasteiger partial charge in [-0.25, -0.2) is 4.98 Å². The quantitative estimate of drug-likeness (QED) is 0.833. The topological polar surface area (TPSA) is 71.5 Å². The van der Waals surface area contributed by atoms with Gasteiger partial charge in [-0.1, -0.05) is 32.6 Å². The van der Waals surface area contributed by atoms with Gasteiger partial charge < -0.3 is 10.1 Å². The molecule has 1 aliphatic heterocycles. The van der Waals surface area contributed by atoms with Crippen LogP contribution in [-0.4, -0.2) is 35.0 Å². The van der Waals surface area contributed by atoms with E-state index in [2.05, 4.69) is 17.2 Å². The van der Waals surface area contributed by atoms with Gasteiger partial charge >= 0.3 is 0 Å². The zero-order chi connectivity index (χ0) is 17.9. The minimum Gasteiger partial charge on any atom is -0.464 e. The van der Waals surface area contributed by atoms with Crippen LogP contribution in [0.5, 0.6) is 5.75 Å². The fraction of sp³-hybridized carbons (Fsp3) is 0.632. The molecule has 1 aromatic rings. The van der Waals surface area contributed by atoms with E-state index in [1.165, 1.54) is 6.42 Å². The molecule has 0 spiro atoms. The molecule has 0 radical (unpaired) electrons. The first-order valence-corrected chi connectivity index (χ1v) is 9.33. The van der Waals surface area contributed by atoms with Gasteiger partial charge in [0.15, 0.2) is 11.6 Å². The number of aromatic nitrogens is 1. The Hall–Kier alpha value is -2.11. The SMILES string of the molecule is CCCCN1C(=O)[C@@](C)(C(=O)NC2CCCCC2)Oc2cccnc21. The fourth-order valence-electron chi connectivity index (χ4n) is 3.52. The number of unbranched alkanes of at least 4 members (excludes halogenated alkanes) is 1. The maximum Gasteiger partial charge on any atom is 0.282 e. The molecule has 136 valence electrons. The number of nitrogens with zero attached hydrogens (tertiary/aromatic N) is 2. The molecular weight excluding hydrogens is 318 g/mol. The summed E-state index contributed by atoms with van der Waals surface area (Å²) < 4.78 is 5.88. The number of pyridine rings is 1. The predicted octanol–water partition coefficient (Wildman–Crippen LogP) is 2.81. The Bertz CT molecular complexity index is 643. The molecule has 1 aliphatic carbocycles. The van der Waals surface area contributed by atoms with E-state index in [1.807, 2.05) is 0 Å². The molecule has 1 fully saturated rings. The second-order valence-corrected chi connectivity index (χ2v) is 7.08. The number of nitrogens with one attached hydrogen (secondary N) is 1. The lowest BCUT2D eigenvalue weighted by atomic mass is 9.93. The highest BCUT2D eigenvalue weighted by Gasteiger charge is 2.51. The van der Waals surface area contributed by atoms with Gasteiger partial charge in [-0.3, -0.25) is 14.5 Å². The van der Waals surface area contributed by atoms with Gasteiger partial charge in [0.25, 0.3) is 17.4 Å². The van der Waals surface area contributed by atoms with Crippen molar-refractivity contribution in [2.24, 2.45) is 0 Å². The van der Waals surface area contributed by atoms with E-state index in [1.54, 1.807) is 30.2 Å². The van der Waals surface area contributed by atoms with E-state index in [9.17, 15) is 9.59 Å². The van der Waals surface area contributed by atoms with Crippen molar-refractivity contribution in [1.29, 1.82) is 0 Å². The number of carbonyl (C=O) groups excluding carboxylic acids is 2. The lowest BCUT2D eigenvalue weighted by Gasteiger charge is -2.39. The summed E-state index contributed by atoms with van der Waals surface area (Å²) >= 11 is 0. The molecule has 3 rings (SSSR count). The lowest BCUT2D eigenvalue weighted by Crippen LogP contribution is -2.63. The maximum atomic E-state index is 13.1. The molecule has 6 nitrogen and oxygen atoms in total. The molecule has 1 N–H and O–H groups in total. The third kappa shape index (κ3) is 3.48. The summed E-state index contributed by atoms with van der Waals surface area (Å²) in [7, 11) is 0. The van der Waals surface area contributed by atoms with E-state index >= 15 is 0 Å². The van der Waals surface area contributed by atoms with Gasteiger partial charge in [0.2, 0.25) is 0 Å². The van der Waals surface area contributed by atoms with Crippen LogP contribution in [0.3, 0.4) is 0 Å². The van der Waals surface area contributed by atoms with Crippen molar-refractivity contribution in [2.75, 3.05) is 11.4 Å². The van der Waals surface area contributed by atoms with E-state index in [0.717, 1.165) is 38.5 Å². The summed E-state index contributed by atoms with van der Waals surface area (Å²) in [4.78, 5) is 31.9. The van der Waals surface area contributed by atoms with Crippen molar-refractivity contribution >= 4 is 17.6 Å². The van der Waals surface area contributed by atoms with Crippen molar-refractivity contribution in [3.8, 4) is 5.75 Å². The second kappa shape index (κ2) is 7.42. The highest BCUT2D eigenvalue weighted by atomic mass is 16.5. The van der Waals surface area contributed by atoms with Gasteiger partial charge in [0.05, 0.1) is 0 Å². The average Bonchev–Trinajstić information content (AvgIpc) is 2.63. The van der Waals surface area contributed by atoms with Crippen LogP contribution in [0, 0.1) is 0 Å². The monoisotopic (exact) mass is 345 g/mol. The zero-order valence-corrected chi connectivity index (χ0v) is 15.1. The van der Waals surface area contributed by atoms with E-state index in [4.69, 9.17) is 4.74 Å². The number of anilines is 1. The van der Waals surface area contributed by atoms with Gasteiger partial charge in [-0.15, -0.1) is 0 Å². The van der Waals surface area contributed by atoms with Crippen LogP contribution in [0.25, 0.3) is 0 Å². The Balaban J connectivity index is 1.84. The van der Waals surface area contributed by atoms with Crippen molar-refractivity contribution in [3.05, 3.63) is 18.3 Å². The Morgan fingerprint density at radius 1 is 1.40 bits per heavy atom. The average molecular weight is 345 g/mol. The minimum atomic E-state index is -1.54. The number of hydrogen-bond donors (Lipinski definition) is 1. The second-order valence-electron chi connectivity index (χ2n) is 7.08. The van der Waals surface area contributed by atoms with E-state index in [-0.39, 0.29) is 17.9 Å². The number of hydrogen-bond acceptors (Lipinski definition) is 4. The Kier molecular flexibility index (Phi) is 5.25. The fourth-order valence-corrected chi connectivity index (χ4v) is 3.52. The summed E-state index contributed by atoms with van der Waals surface area (Å²) in [6.07, 6.45) is 8.82. The predicted molar refractivity (Wildman–Crippen MR) is 95.5 cm³/mol. The van der Waals surface area contributed by atoms with Crippen LogP contribution < -0.4 is 15.0 Å². The molecule has 0 unspecified atom stereocenters. The van der Waals surface area contributed by atoms with Gasteiger partial charge in [-0.2, -0.15) is 0 Å². The molecule has 0 bridgehead atoms. The summed E-state index contributed by atoms with van der Waals surface area (Å²) in [5.41, 5.74) is -1.54. The van der Waals surface area contributed by atoms with Crippen molar-refractivity contribution in [3.63, 3.8) is 0 Å². The Morgan fingerprint density at radius 2 is 2.16 bits per heavy atom. The molecule has 2 heterocycles. The normalized spacial score (nSPS) is 23.8. The molecule has 2 aliphatic rings. The number of rotatable bonds is 5. The number of fused-ring (bicyclic) bond motifs is 1. The highest BCUT2D eigenvalue weighted by Crippen LogP contribution is 2.36. The highest BCUT2D eigenvalue weighted by molar-refractivity contribution is 6.16. The summed E-state index contributed by atoms with van der Waals surface area (Å²) in [6, 6.07) is 3.65. The van der Waals surface area contributed by atoms with Crippen LogP contribution in [0.1, 0.15) is 58.8 Å². The zero-order valence-electron chi connectivity index (χ0n) is 15.1. The standard InChI is InChI=1S/C19H27N3O3/c1-3-4-13-22-16-15(11-8-12-20-16)25-19(2,18(22)24)17(23)21-14-9-6-5-7-10-14/h8,11-12,14H,3-7,9-10,13H2,1-2H3,(H,21,23)/t19-/m1/s1. The lowest BCUT2D eigenvalue weighted by molar-refractivity contribution is -0.149. The van der Waals surface area contributed by atoms with Crippen LogP contribution in [0.2, 0.25) is 0 Å². The number of ether oxygens (including phenoxy) is 1. The first kappa shape index (κ1) is 17.7. The first-order valence-electron chi connectivity index (χ1n) is 9.33. The number of amides is 2. The maximum absolute atomic E-state index is 13.1. The van der Waals surface area contributed by atoms with Crippen LogP contribution in [0.15, 0.2) is 18.3 Å². The van der Waals surface area contributed by atoms with E-state index in [0.29, 0.717) is 18.1 Å². The molecule has 0 aromatic carbocycles. The van der Waals surface area contributed by atoms with Gasteiger partial charge in [0.1, 0.15) is 0 Å². The summed E-state index contributed by atoms with van der Waals surface area (Å²) in [5.74, 6) is 0.309. The molecule has 1 aromatic heterocycles. The largest absolute Gasteiger partial charge is 0.464 e. The Morgan fingerprint density at radius 3 is 2.88 bits per heavy atom. The molecule has 1 atom stereocenters. The third-order valence-corrected chi connectivity index (χ3v) is 5.08.